The number of nitrogens with one attached hydrogen (secondary N) is 3. The third-order valence-corrected chi connectivity index (χ3v) is 6.78. The van der Waals surface area contributed by atoms with Crippen LogP contribution in [0.2, 0.25) is 0 Å². The van der Waals surface area contributed by atoms with Crippen molar-refractivity contribution in [2.24, 2.45) is 0 Å². The Kier molecular flexibility index (Phi) is 7.14. The third-order valence-electron chi connectivity index (χ3n) is 6.78. The predicted octanol–water partition coefficient (Wildman–Crippen LogP) is 9.83. The summed E-state index contributed by atoms with van der Waals surface area (Å²) in [5.74, 6) is 0. The minimum atomic E-state index is 0.763. The summed E-state index contributed by atoms with van der Waals surface area (Å²) in [5, 5.41) is 11.1. The average molecular weight is 519 g/mol. The van der Waals surface area contributed by atoms with Crippen molar-refractivity contribution in [3.8, 4) is 22.3 Å². The lowest BCUT2D eigenvalue weighted by Crippen LogP contribution is -2.04. The van der Waals surface area contributed by atoms with Crippen LogP contribution in [0.25, 0.3) is 22.3 Å². The number of nitrogens with two attached hydrogens (primary N) is 1. The largest absolute Gasteiger partial charge is 0.399 e. The van der Waals surface area contributed by atoms with E-state index in [2.05, 4.69) is 101 Å². The van der Waals surface area contributed by atoms with Gasteiger partial charge >= 0.3 is 0 Å². The molecule has 40 heavy (non-hydrogen) atoms. The molecule has 0 heterocycles. The Morgan fingerprint density at radius 2 is 0.825 bits per heavy atom. The van der Waals surface area contributed by atoms with Gasteiger partial charge in [-0.3, -0.25) is 0 Å². The molecule has 0 saturated heterocycles. The molecule has 0 aliphatic rings. The number of nitrogen functional groups attached to an aromatic ring is 1. The standard InChI is InChI=1S/C36H30N4/c37-29-20-16-26(17-21-29)27-18-22-32(23-19-27)38-34-25-24-33(28-10-4-1-5-11-28)35(39-30-12-6-2-7-13-30)36(34)40-31-14-8-3-9-15-31/h1-25,38-40H,37H2. The molecule has 5 N–H and O–H groups in total. The summed E-state index contributed by atoms with van der Waals surface area (Å²) < 4.78 is 0. The molecule has 0 unspecified atom stereocenters. The van der Waals surface area contributed by atoms with E-state index in [9.17, 15) is 0 Å². The average Bonchev–Trinajstić information content (AvgIpc) is 3.01. The molecule has 0 saturated carbocycles. The van der Waals surface area contributed by atoms with Crippen LogP contribution >= 0.6 is 0 Å². The Balaban J connectivity index is 1.43. The maximum Gasteiger partial charge on any atom is 0.0869 e. The fraction of sp³-hybridized carbons (Fsp3) is 0. The summed E-state index contributed by atoms with van der Waals surface area (Å²) in [7, 11) is 0. The maximum atomic E-state index is 5.87. The zero-order valence-corrected chi connectivity index (χ0v) is 22.0. The number of hydrogen-bond donors (Lipinski definition) is 4. The lowest BCUT2D eigenvalue weighted by Gasteiger charge is -2.22. The van der Waals surface area contributed by atoms with E-state index < -0.39 is 0 Å². The quantitative estimate of drug-likeness (QED) is 0.151. The van der Waals surface area contributed by atoms with E-state index in [1.54, 1.807) is 0 Å². The first-order chi connectivity index (χ1) is 19.7. The molecule has 194 valence electrons. The van der Waals surface area contributed by atoms with Crippen molar-refractivity contribution in [1.29, 1.82) is 0 Å². The monoisotopic (exact) mass is 518 g/mol. The van der Waals surface area contributed by atoms with E-state index in [1.807, 2.05) is 66.7 Å². The minimum absolute atomic E-state index is 0.763. The SMILES string of the molecule is Nc1ccc(-c2ccc(Nc3ccc(-c4ccccc4)c(Nc4ccccc4)c3Nc3ccccc3)cc2)cc1. The smallest absolute Gasteiger partial charge is 0.0869 e. The molecule has 0 amide bonds. The number of anilines is 7. The van der Waals surface area contributed by atoms with Gasteiger partial charge in [-0.25, -0.2) is 0 Å². The molecule has 4 heteroatoms. The Labute approximate surface area is 235 Å². The topological polar surface area (TPSA) is 62.1 Å². The highest BCUT2D eigenvalue weighted by molar-refractivity contribution is 5.98. The van der Waals surface area contributed by atoms with E-state index in [-0.39, 0.29) is 0 Å². The number of hydrogen-bond acceptors (Lipinski definition) is 4. The molecule has 0 fully saturated rings. The predicted molar refractivity (Wildman–Crippen MR) is 171 cm³/mol. The van der Waals surface area contributed by atoms with Crippen LogP contribution in [0, 0.1) is 0 Å². The normalized spacial score (nSPS) is 10.6. The minimum Gasteiger partial charge on any atom is -0.399 e. The highest BCUT2D eigenvalue weighted by atomic mass is 15.0. The molecule has 0 bridgehead atoms. The van der Waals surface area contributed by atoms with Crippen LogP contribution in [-0.4, -0.2) is 0 Å². The second-order valence-electron chi connectivity index (χ2n) is 9.58. The third kappa shape index (κ3) is 5.66. The van der Waals surface area contributed by atoms with Crippen LogP contribution in [-0.2, 0) is 0 Å². The molecule has 0 atom stereocenters. The van der Waals surface area contributed by atoms with Gasteiger partial charge in [-0.2, -0.15) is 0 Å². The summed E-state index contributed by atoms with van der Waals surface area (Å²) >= 11 is 0. The van der Waals surface area contributed by atoms with Crippen LogP contribution in [0.1, 0.15) is 0 Å². The summed E-state index contributed by atoms with van der Waals surface area (Å²) in [6, 6.07) is 51.7. The molecule has 0 aromatic heterocycles. The van der Waals surface area contributed by atoms with Crippen molar-refractivity contribution in [2.45, 2.75) is 0 Å². The molecule has 0 aliphatic carbocycles. The second kappa shape index (κ2) is 11.5. The van der Waals surface area contributed by atoms with Gasteiger partial charge in [0.1, 0.15) is 0 Å². The molecule has 0 aliphatic heterocycles. The first-order valence-corrected chi connectivity index (χ1v) is 13.3. The van der Waals surface area contributed by atoms with Gasteiger partial charge in [0.05, 0.1) is 17.1 Å². The van der Waals surface area contributed by atoms with Gasteiger partial charge in [-0.15, -0.1) is 0 Å². The van der Waals surface area contributed by atoms with E-state index in [4.69, 9.17) is 5.73 Å². The molecule has 6 aromatic rings. The lowest BCUT2D eigenvalue weighted by atomic mass is 10.0. The zero-order valence-electron chi connectivity index (χ0n) is 22.0. The van der Waals surface area contributed by atoms with Crippen molar-refractivity contribution in [1.82, 2.24) is 0 Å². The van der Waals surface area contributed by atoms with Gasteiger partial charge in [0.2, 0.25) is 0 Å². The van der Waals surface area contributed by atoms with Crippen LogP contribution < -0.4 is 21.7 Å². The summed E-state index contributed by atoms with van der Waals surface area (Å²) in [6.45, 7) is 0. The summed E-state index contributed by atoms with van der Waals surface area (Å²) in [4.78, 5) is 0. The number of para-hydroxylation sites is 2. The van der Waals surface area contributed by atoms with Gasteiger partial charge in [0, 0.05) is 28.3 Å². The first kappa shape index (κ1) is 24.8. The first-order valence-electron chi connectivity index (χ1n) is 13.3. The molecule has 4 nitrogen and oxygen atoms in total. The van der Waals surface area contributed by atoms with E-state index in [1.165, 1.54) is 0 Å². The van der Waals surface area contributed by atoms with Gasteiger partial charge in [0.15, 0.2) is 0 Å². The van der Waals surface area contributed by atoms with Crippen LogP contribution in [0.3, 0.4) is 0 Å². The molecular formula is C36H30N4. The Morgan fingerprint density at radius 1 is 0.350 bits per heavy atom. The fourth-order valence-corrected chi connectivity index (χ4v) is 4.73. The van der Waals surface area contributed by atoms with Crippen molar-refractivity contribution in [2.75, 3.05) is 21.7 Å². The van der Waals surface area contributed by atoms with Gasteiger partial charge in [-0.1, -0.05) is 97.1 Å². The highest BCUT2D eigenvalue weighted by Crippen LogP contribution is 2.43. The Hall–Kier alpha value is -5.48. The Bertz CT molecular complexity index is 1680. The van der Waals surface area contributed by atoms with E-state index in [0.29, 0.717) is 0 Å². The van der Waals surface area contributed by atoms with Crippen molar-refractivity contribution >= 4 is 39.8 Å². The summed E-state index contributed by atoms with van der Waals surface area (Å²) in [6.07, 6.45) is 0. The molecule has 6 rings (SSSR count). The van der Waals surface area contributed by atoms with Crippen LogP contribution in [0.4, 0.5) is 39.8 Å². The van der Waals surface area contributed by atoms with E-state index >= 15 is 0 Å². The zero-order chi connectivity index (χ0) is 27.1. The molecule has 6 aromatic carbocycles. The van der Waals surface area contributed by atoms with Gasteiger partial charge in [-0.05, 0) is 71.3 Å². The van der Waals surface area contributed by atoms with Gasteiger partial charge in [0.25, 0.3) is 0 Å². The second-order valence-corrected chi connectivity index (χ2v) is 9.58. The van der Waals surface area contributed by atoms with Crippen molar-refractivity contribution < 1.29 is 0 Å². The van der Waals surface area contributed by atoms with E-state index in [0.717, 1.165) is 62.1 Å². The van der Waals surface area contributed by atoms with Gasteiger partial charge < -0.3 is 21.7 Å². The highest BCUT2D eigenvalue weighted by Gasteiger charge is 2.16. The van der Waals surface area contributed by atoms with Crippen molar-refractivity contribution in [3.63, 3.8) is 0 Å². The van der Waals surface area contributed by atoms with Crippen LogP contribution in [0.5, 0.6) is 0 Å². The number of benzene rings is 6. The van der Waals surface area contributed by atoms with Crippen molar-refractivity contribution in [3.05, 3.63) is 152 Å². The fourth-order valence-electron chi connectivity index (χ4n) is 4.73. The van der Waals surface area contributed by atoms with Crippen LogP contribution in [0.15, 0.2) is 152 Å². The number of rotatable bonds is 8. The lowest BCUT2D eigenvalue weighted by molar-refractivity contribution is 1.47. The summed E-state index contributed by atoms with van der Waals surface area (Å²) in [5.41, 5.74) is 17.1. The molecule has 0 spiro atoms. The molecular weight excluding hydrogens is 488 g/mol. The maximum absolute atomic E-state index is 5.87. The molecule has 0 radical (unpaired) electrons. The Morgan fingerprint density at radius 3 is 1.40 bits per heavy atom.